The second-order valence-electron chi connectivity index (χ2n) is 3.10. The number of carbonyl (C=O) groups is 1. The summed E-state index contributed by atoms with van der Waals surface area (Å²) in [5.41, 5.74) is 1.82. The molecule has 0 aromatic carbocycles. The fourth-order valence-electron chi connectivity index (χ4n) is 0.988. The number of ether oxygens (including phenoxy) is 1. The molecule has 0 spiro atoms. The molecule has 1 rings (SSSR count). The van der Waals surface area contributed by atoms with Gasteiger partial charge in [-0.05, 0) is 6.92 Å². The molecule has 0 saturated carbocycles. The zero-order chi connectivity index (χ0) is 13.2. The Labute approximate surface area is 92.6 Å². The molecule has 6 nitrogen and oxygen atoms in total. The standard InChI is InChI=1S/C8H8F3N3O3/c1-3(6(12)15)17-4-2-13-14-7(16)5(4)8(9,10)11/h2-3H,1H3,(H2,12,15)(H,14,16). The van der Waals surface area contributed by atoms with E-state index in [1.54, 1.807) is 5.10 Å². The summed E-state index contributed by atoms with van der Waals surface area (Å²) in [6.07, 6.45) is -5.56. The normalized spacial score (nSPS) is 13.2. The van der Waals surface area contributed by atoms with Crippen LogP contribution in [-0.2, 0) is 11.0 Å². The minimum atomic E-state index is -4.91. The van der Waals surface area contributed by atoms with Crippen LogP contribution in [0.2, 0.25) is 0 Å². The predicted octanol–water partition coefficient (Wildman–Crippen LogP) is 0.0413. The molecule has 0 aliphatic rings. The molecule has 17 heavy (non-hydrogen) atoms. The third-order valence-corrected chi connectivity index (χ3v) is 1.81. The molecule has 1 unspecified atom stereocenters. The van der Waals surface area contributed by atoms with Crippen molar-refractivity contribution in [1.82, 2.24) is 10.2 Å². The SMILES string of the molecule is CC(Oc1cn[nH]c(=O)c1C(F)(F)F)C(N)=O. The maximum absolute atomic E-state index is 12.5. The highest BCUT2D eigenvalue weighted by Crippen LogP contribution is 2.32. The molecule has 0 saturated heterocycles. The number of amides is 1. The maximum atomic E-state index is 12.5. The molecule has 3 N–H and O–H groups in total. The number of halogens is 3. The van der Waals surface area contributed by atoms with E-state index in [0.717, 1.165) is 6.92 Å². The number of H-pyrrole nitrogens is 1. The molecular weight excluding hydrogens is 243 g/mol. The number of alkyl halides is 3. The van der Waals surface area contributed by atoms with E-state index in [1.165, 1.54) is 0 Å². The van der Waals surface area contributed by atoms with Gasteiger partial charge in [-0.3, -0.25) is 9.59 Å². The number of hydrogen-bond acceptors (Lipinski definition) is 4. The molecule has 1 amide bonds. The van der Waals surface area contributed by atoms with Gasteiger partial charge in [0.05, 0.1) is 6.20 Å². The van der Waals surface area contributed by atoms with Crippen LogP contribution in [0.15, 0.2) is 11.0 Å². The molecule has 0 fully saturated rings. The quantitative estimate of drug-likeness (QED) is 0.792. The number of rotatable bonds is 3. The third kappa shape index (κ3) is 2.95. The highest BCUT2D eigenvalue weighted by Gasteiger charge is 2.38. The summed E-state index contributed by atoms with van der Waals surface area (Å²) in [6.45, 7) is 1.16. The van der Waals surface area contributed by atoms with E-state index in [4.69, 9.17) is 5.73 Å². The first-order valence-corrected chi connectivity index (χ1v) is 4.34. The molecule has 0 bridgehead atoms. The summed E-state index contributed by atoms with van der Waals surface area (Å²) in [7, 11) is 0. The smallest absolute Gasteiger partial charge is 0.425 e. The van der Waals surface area contributed by atoms with Crippen LogP contribution >= 0.6 is 0 Å². The zero-order valence-corrected chi connectivity index (χ0v) is 8.54. The molecule has 0 radical (unpaired) electrons. The highest BCUT2D eigenvalue weighted by molar-refractivity contribution is 5.78. The van der Waals surface area contributed by atoms with Gasteiger partial charge < -0.3 is 10.5 Å². The van der Waals surface area contributed by atoms with Crippen LogP contribution in [-0.4, -0.2) is 22.2 Å². The largest absolute Gasteiger partial charge is 0.478 e. The lowest BCUT2D eigenvalue weighted by Gasteiger charge is -2.14. The van der Waals surface area contributed by atoms with Gasteiger partial charge in [0, 0.05) is 0 Å². The van der Waals surface area contributed by atoms with Gasteiger partial charge in [0.2, 0.25) is 0 Å². The molecule has 9 heteroatoms. The summed E-state index contributed by atoms with van der Waals surface area (Å²) in [5, 5.41) is 4.78. The van der Waals surface area contributed by atoms with E-state index in [-0.39, 0.29) is 0 Å². The van der Waals surface area contributed by atoms with Crippen LogP contribution in [0.1, 0.15) is 12.5 Å². The van der Waals surface area contributed by atoms with E-state index >= 15 is 0 Å². The Bertz CT molecular complexity index is 483. The van der Waals surface area contributed by atoms with Crippen molar-refractivity contribution < 1.29 is 22.7 Å². The van der Waals surface area contributed by atoms with Gasteiger partial charge in [-0.15, -0.1) is 0 Å². The summed E-state index contributed by atoms with van der Waals surface area (Å²) in [4.78, 5) is 21.7. The Morgan fingerprint density at radius 2 is 2.18 bits per heavy atom. The second kappa shape index (κ2) is 4.44. The van der Waals surface area contributed by atoms with Gasteiger partial charge in [-0.1, -0.05) is 0 Å². The molecule has 1 aromatic heterocycles. The fraction of sp³-hybridized carbons (Fsp3) is 0.375. The summed E-state index contributed by atoms with van der Waals surface area (Å²) < 4.78 is 42.2. The Hall–Kier alpha value is -2.06. The van der Waals surface area contributed by atoms with E-state index in [1.807, 2.05) is 0 Å². The van der Waals surface area contributed by atoms with Crippen molar-refractivity contribution in [3.8, 4) is 5.75 Å². The summed E-state index contributed by atoms with van der Waals surface area (Å²) >= 11 is 0. The van der Waals surface area contributed by atoms with Gasteiger partial charge in [0.25, 0.3) is 11.5 Å². The fourth-order valence-corrected chi connectivity index (χ4v) is 0.988. The monoisotopic (exact) mass is 251 g/mol. The molecule has 1 atom stereocenters. The number of primary amides is 1. The average molecular weight is 251 g/mol. The van der Waals surface area contributed by atoms with E-state index in [0.29, 0.717) is 6.20 Å². The number of aromatic amines is 1. The highest BCUT2D eigenvalue weighted by atomic mass is 19.4. The lowest BCUT2D eigenvalue weighted by atomic mass is 10.2. The molecule has 0 aliphatic carbocycles. The minimum absolute atomic E-state index is 0.656. The van der Waals surface area contributed by atoms with Crippen molar-refractivity contribution in [1.29, 1.82) is 0 Å². The Kier molecular flexibility index (Phi) is 3.39. The first-order valence-electron chi connectivity index (χ1n) is 4.34. The van der Waals surface area contributed by atoms with E-state index in [2.05, 4.69) is 9.84 Å². The van der Waals surface area contributed by atoms with Gasteiger partial charge in [-0.2, -0.15) is 18.3 Å². The number of hydrogen-bond donors (Lipinski definition) is 2. The van der Waals surface area contributed by atoms with Crippen LogP contribution in [0.25, 0.3) is 0 Å². The number of nitrogens with one attached hydrogen (secondary N) is 1. The molecule has 1 aromatic rings. The number of nitrogens with zero attached hydrogens (tertiary/aromatic N) is 1. The molecular formula is C8H8F3N3O3. The van der Waals surface area contributed by atoms with Crippen molar-refractivity contribution in [2.45, 2.75) is 19.2 Å². The van der Waals surface area contributed by atoms with Crippen LogP contribution in [0.3, 0.4) is 0 Å². The number of nitrogens with two attached hydrogens (primary N) is 1. The molecule has 94 valence electrons. The van der Waals surface area contributed by atoms with Gasteiger partial charge in [0.1, 0.15) is 0 Å². The van der Waals surface area contributed by atoms with E-state index in [9.17, 15) is 22.8 Å². The summed E-state index contributed by atoms with van der Waals surface area (Å²) in [5.74, 6) is -1.80. The lowest BCUT2D eigenvalue weighted by Crippen LogP contribution is -2.33. The van der Waals surface area contributed by atoms with Gasteiger partial charge in [0.15, 0.2) is 17.4 Å². The maximum Gasteiger partial charge on any atom is 0.425 e. The molecule has 0 aliphatic heterocycles. The zero-order valence-electron chi connectivity index (χ0n) is 8.54. The summed E-state index contributed by atoms with van der Waals surface area (Å²) in [6, 6.07) is 0. The van der Waals surface area contributed by atoms with Crippen LogP contribution in [0, 0.1) is 0 Å². The first-order chi connectivity index (χ1) is 7.73. The topological polar surface area (TPSA) is 98.1 Å². The van der Waals surface area contributed by atoms with Gasteiger partial charge in [-0.25, -0.2) is 5.10 Å². The van der Waals surface area contributed by atoms with Gasteiger partial charge >= 0.3 is 6.18 Å². The van der Waals surface area contributed by atoms with Crippen molar-refractivity contribution in [3.05, 3.63) is 22.1 Å². The lowest BCUT2D eigenvalue weighted by molar-refractivity contribution is -0.141. The average Bonchev–Trinajstić information content (AvgIpc) is 2.15. The molecule has 1 heterocycles. The van der Waals surface area contributed by atoms with E-state index < -0.39 is 35.1 Å². The number of carbonyl (C=O) groups excluding carboxylic acids is 1. The predicted molar refractivity (Wildman–Crippen MR) is 49.1 cm³/mol. The third-order valence-electron chi connectivity index (χ3n) is 1.81. The Balaban J connectivity index is 3.21. The van der Waals surface area contributed by atoms with Crippen molar-refractivity contribution in [3.63, 3.8) is 0 Å². The van der Waals surface area contributed by atoms with Crippen LogP contribution < -0.4 is 16.0 Å². The first kappa shape index (κ1) is 13.0. The second-order valence-corrected chi connectivity index (χ2v) is 3.10. The minimum Gasteiger partial charge on any atom is -0.478 e. The Morgan fingerprint density at radius 1 is 1.59 bits per heavy atom. The van der Waals surface area contributed by atoms with Crippen molar-refractivity contribution >= 4 is 5.91 Å². The van der Waals surface area contributed by atoms with Crippen LogP contribution in [0.4, 0.5) is 13.2 Å². The van der Waals surface area contributed by atoms with Crippen molar-refractivity contribution in [2.75, 3.05) is 0 Å². The Morgan fingerprint density at radius 3 is 2.65 bits per heavy atom. The van der Waals surface area contributed by atoms with Crippen molar-refractivity contribution in [2.24, 2.45) is 5.73 Å². The number of aromatic nitrogens is 2. The van der Waals surface area contributed by atoms with Crippen LogP contribution in [0.5, 0.6) is 5.75 Å².